The van der Waals surface area contributed by atoms with Crippen LogP contribution < -0.4 is 0 Å². The van der Waals surface area contributed by atoms with E-state index in [9.17, 15) is 0 Å². The number of hydrogen-bond acceptors (Lipinski definition) is 0. The van der Waals surface area contributed by atoms with Gasteiger partial charge in [-0.1, -0.05) is 108 Å². The molecule has 1 aliphatic rings. The Morgan fingerprint density at radius 3 is 1.53 bits per heavy atom. The number of aryl methyl sites for hydroxylation is 2. The molecule has 3 rings (SSSR count). The number of nitrogens with one attached hydrogen (secondary N) is 1. The minimum absolute atomic E-state index is 0.959. The van der Waals surface area contributed by atoms with E-state index in [0.29, 0.717) is 0 Å². The van der Waals surface area contributed by atoms with Gasteiger partial charge in [0.1, 0.15) is 0 Å². The van der Waals surface area contributed by atoms with Gasteiger partial charge in [-0.05, 0) is 68.0 Å². The van der Waals surface area contributed by atoms with E-state index in [4.69, 9.17) is 5.84 Å². The van der Waals surface area contributed by atoms with Gasteiger partial charge in [-0.3, -0.25) is 0 Å². The molecular formula is C34H48N2. The van der Waals surface area contributed by atoms with Crippen LogP contribution in [0.2, 0.25) is 0 Å². The van der Waals surface area contributed by atoms with Gasteiger partial charge in [0.15, 0.2) is 0 Å². The van der Waals surface area contributed by atoms with Gasteiger partial charge in [-0.25, -0.2) is 4.68 Å². The molecule has 0 spiro atoms. The summed E-state index contributed by atoms with van der Waals surface area (Å²) in [5.41, 5.74) is 8.11. The second-order valence-corrected chi connectivity index (χ2v) is 10.4. The lowest BCUT2D eigenvalue weighted by molar-refractivity contribution is -0.347. The number of hydrogen-bond donors (Lipinski definition) is 0. The Morgan fingerprint density at radius 1 is 0.611 bits per heavy atom. The summed E-state index contributed by atoms with van der Waals surface area (Å²) in [6.45, 7) is 6.61. The summed E-state index contributed by atoms with van der Waals surface area (Å²) in [7, 11) is 0. The highest BCUT2D eigenvalue weighted by Crippen LogP contribution is 2.29. The van der Waals surface area contributed by atoms with Crippen molar-refractivity contribution in [2.75, 3.05) is 0 Å². The molecule has 2 aromatic carbocycles. The van der Waals surface area contributed by atoms with E-state index in [0.717, 1.165) is 41.0 Å². The molecule has 0 fully saturated rings. The summed E-state index contributed by atoms with van der Waals surface area (Å²) in [5.74, 6) is 8.93. The van der Waals surface area contributed by atoms with E-state index in [2.05, 4.69) is 81.5 Å². The molecule has 2 aromatic rings. The maximum Gasteiger partial charge on any atom is 0.215 e. The normalized spacial score (nSPS) is 14.6. The third kappa shape index (κ3) is 8.22. The average molecular weight is 485 g/mol. The largest absolute Gasteiger partial charge is 0.448 e. The Balaban J connectivity index is 1.60. The van der Waals surface area contributed by atoms with E-state index in [1.54, 1.807) is 4.68 Å². The average Bonchev–Trinajstić information content (AvgIpc) is 3.25. The monoisotopic (exact) mass is 484 g/mol. The van der Waals surface area contributed by atoms with Crippen LogP contribution in [0.15, 0.2) is 66.3 Å². The van der Waals surface area contributed by atoms with E-state index in [1.807, 2.05) is 0 Å². The van der Waals surface area contributed by atoms with Crippen molar-refractivity contribution in [2.45, 2.75) is 111 Å². The van der Waals surface area contributed by atoms with Gasteiger partial charge in [-0.2, -0.15) is 0 Å². The molecule has 1 N–H and O–H groups in total. The van der Waals surface area contributed by atoms with Gasteiger partial charge in [0.25, 0.3) is 0 Å². The van der Waals surface area contributed by atoms with E-state index in [1.165, 1.54) is 88.2 Å². The van der Waals surface area contributed by atoms with Gasteiger partial charge in [0.2, 0.25) is 11.4 Å². The van der Waals surface area contributed by atoms with Gasteiger partial charge >= 0.3 is 0 Å². The molecule has 1 aliphatic heterocycles. The zero-order chi connectivity index (χ0) is 25.6. The van der Waals surface area contributed by atoms with Crippen LogP contribution in [-0.2, 0) is 12.8 Å². The number of unbranched alkanes of at least 4 members (excludes halogenated alkanes) is 10. The van der Waals surface area contributed by atoms with Gasteiger partial charge in [0.05, 0.1) is 0 Å². The molecule has 0 unspecified atom stereocenters. The molecule has 36 heavy (non-hydrogen) atoms. The molecule has 0 aromatic heterocycles. The highest BCUT2D eigenvalue weighted by atomic mass is 15.3. The maximum absolute atomic E-state index is 8.93. The third-order valence-electron chi connectivity index (χ3n) is 7.46. The van der Waals surface area contributed by atoms with Crippen LogP contribution in [0.5, 0.6) is 0 Å². The Labute approximate surface area is 221 Å². The Hall–Kier alpha value is -2.61. The lowest BCUT2D eigenvalue weighted by Gasteiger charge is -2.09. The number of benzene rings is 2. The van der Waals surface area contributed by atoms with Gasteiger partial charge < -0.3 is 5.84 Å². The molecule has 0 saturated carbocycles. The van der Waals surface area contributed by atoms with Crippen LogP contribution in [-0.4, -0.2) is 10.4 Å². The highest BCUT2D eigenvalue weighted by Gasteiger charge is 2.27. The van der Waals surface area contributed by atoms with Crippen molar-refractivity contribution in [3.63, 3.8) is 0 Å². The zero-order valence-corrected chi connectivity index (χ0v) is 23.1. The molecule has 0 amide bonds. The fraction of sp³-hybridized carbons (Fsp3) is 0.500. The fourth-order valence-corrected chi connectivity index (χ4v) is 5.15. The summed E-state index contributed by atoms with van der Waals surface area (Å²) in [6, 6.07) is 17.8. The smallest absolute Gasteiger partial charge is 0.215 e. The molecule has 0 atom stereocenters. The summed E-state index contributed by atoms with van der Waals surface area (Å²) in [5, 5.41) is 0. The molecule has 1 heterocycles. The number of rotatable bonds is 16. The molecule has 2 heteroatoms. The van der Waals surface area contributed by atoms with Crippen molar-refractivity contribution in [3.05, 3.63) is 94.4 Å². The summed E-state index contributed by atoms with van der Waals surface area (Å²) < 4.78 is 1.63. The lowest BCUT2D eigenvalue weighted by atomic mass is 9.99. The minimum Gasteiger partial charge on any atom is -0.448 e. The fourth-order valence-electron chi connectivity index (χ4n) is 5.15. The van der Waals surface area contributed by atoms with Crippen LogP contribution in [0.25, 0.3) is 11.5 Å². The van der Waals surface area contributed by atoms with Crippen LogP contribution in [0.3, 0.4) is 0 Å². The van der Waals surface area contributed by atoms with E-state index >= 15 is 0 Å². The Bertz CT molecular complexity index is 1010. The molecule has 194 valence electrons. The molecule has 0 saturated heterocycles. The van der Waals surface area contributed by atoms with E-state index in [-0.39, 0.29) is 0 Å². The van der Waals surface area contributed by atoms with Gasteiger partial charge in [0, 0.05) is 22.8 Å². The molecule has 0 aliphatic carbocycles. The van der Waals surface area contributed by atoms with E-state index < -0.39 is 0 Å². The first-order chi connectivity index (χ1) is 17.7. The Kier molecular flexibility index (Phi) is 12.0. The zero-order valence-electron chi connectivity index (χ0n) is 23.1. The standard InChI is InChI=1S/C34H48N2/c1-4-7-9-11-13-15-17-28-19-23-31(24-20-28)33-27-30(6-3)34(36(33)35)32-25-21-29(22-26-32)18-16-14-12-10-8-5-2/h6,19-27,35H,4-5,7-18H2,1-3H3. The first-order valence-corrected chi connectivity index (χ1v) is 14.6. The second kappa shape index (κ2) is 15.5. The van der Waals surface area contributed by atoms with Crippen LogP contribution in [0.1, 0.15) is 120 Å². The van der Waals surface area contributed by atoms with Crippen LogP contribution >= 0.6 is 0 Å². The summed E-state index contributed by atoms with van der Waals surface area (Å²) >= 11 is 0. The lowest BCUT2D eigenvalue weighted by Crippen LogP contribution is -2.11. The topological polar surface area (TPSA) is 26.8 Å². The predicted octanol–water partition coefficient (Wildman–Crippen LogP) is 10.3. The molecule has 0 radical (unpaired) electrons. The second-order valence-electron chi connectivity index (χ2n) is 10.4. The van der Waals surface area contributed by atoms with Crippen molar-refractivity contribution in [1.82, 2.24) is 0 Å². The van der Waals surface area contributed by atoms with Crippen molar-refractivity contribution in [2.24, 2.45) is 0 Å². The molecule has 2 nitrogen and oxygen atoms in total. The van der Waals surface area contributed by atoms with Crippen molar-refractivity contribution < 1.29 is 4.68 Å². The predicted molar refractivity (Wildman–Crippen MR) is 157 cm³/mol. The molecular weight excluding hydrogens is 436 g/mol. The Morgan fingerprint density at radius 2 is 1.06 bits per heavy atom. The highest BCUT2D eigenvalue weighted by molar-refractivity contribution is 6.14. The molecule has 0 bridgehead atoms. The quantitative estimate of drug-likeness (QED) is 0.167. The van der Waals surface area contributed by atoms with Gasteiger partial charge in [-0.15, -0.1) is 0 Å². The minimum atomic E-state index is 0.959. The van der Waals surface area contributed by atoms with Crippen molar-refractivity contribution in [3.8, 4) is 0 Å². The first kappa shape index (κ1) is 28.0. The summed E-state index contributed by atoms with van der Waals surface area (Å²) in [4.78, 5) is 0. The van der Waals surface area contributed by atoms with Crippen LogP contribution in [0, 0.1) is 0 Å². The van der Waals surface area contributed by atoms with Crippen LogP contribution in [0.4, 0.5) is 0 Å². The maximum atomic E-state index is 8.93. The first-order valence-electron chi connectivity index (χ1n) is 14.6. The van der Waals surface area contributed by atoms with Crippen molar-refractivity contribution >= 4 is 11.4 Å². The number of allylic oxidation sites excluding steroid dienone is 3. The summed E-state index contributed by atoms with van der Waals surface area (Å²) in [6.07, 6.45) is 22.6. The van der Waals surface area contributed by atoms with Crippen molar-refractivity contribution in [1.29, 1.82) is 0 Å². The third-order valence-corrected chi connectivity index (χ3v) is 7.46. The SMILES string of the molecule is CC=C1C=C(c2ccc(CCCCCCCC)cc2)[N+]([NH-])=C1c1ccc(CCCCCCCC)cc1. The number of nitrogens with zero attached hydrogens (tertiary/aromatic N) is 1.